The van der Waals surface area contributed by atoms with Crippen LogP contribution >= 0.6 is 11.8 Å². The average molecular weight is 273 g/mol. The molecule has 3 heteroatoms. The minimum Gasteiger partial charge on any atom is -0.319 e. The van der Waals surface area contributed by atoms with Gasteiger partial charge in [0.1, 0.15) is 0 Å². The largest absolute Gasteiger partial charge is 0.319 e. The molecule has 1 N–H and O–H groups in total. The highest BCUT2D eigenvalue weighted by Crippen LogP contribution is 2.39. The molecule has 0 bridgehead atoms. The fourth-order valence-electron chi connectivity index (χ4n) is 3.56. The van der Waals surface area contributed by atoms with Crippen LogP contribution in [0.15, 0.2) is 0 Å². The third kappa shape index (κ3) is 4.75. The van der Waals surface area contributed by atoms with Crippen molar-refractivity contribution in [1.29, 1.82) is 0 Å². The van der Waals surface area contributed by atoms with Crippen molar-refractivity contribution in [3.63, 3.8) is 0 Å². The molecule has 3 atom stereocenters. The minimum absolute atomic E-state index is 0.508. The molecule has 0 saturated heterocycles. The lowest BCUT2D eigenvalue weighted by Gasteiger charge is -2.44. The standard InChI is InChI=1S/C15H32N2S/c1-13-7-6-8-15(9-13,11-16-3)12-17(4)14(2)10-18-5/h13-14,16H,6-12H2,1-5H3. The fraction of sp³-hybridized carbons (Fsp3) is 1.00. The molecule has 0 amide bonds. The first-order valence-electron chi connectivity index (χ1n) is 7.37. The SMILES string of the molecule is CNCC1(CN(C)C(C)CSC)CCCC(C)C1. The van der Waals surface area contributed by atoms with Crippen LogP contribution in [0.2, 0.25) is 0 Å². The number of hydrogen-bond donors (Lipinski definition) is 1. The van der Waals surface area contributed by atoms with Crippen LogP contribution in [0.3, 0.4) is 0 Å². The fourth-order valence-corrected chi connectivity index (χ4v) is 4.29. The second kappa shape index (κ2) is 7.76. The molecular formula is C15H32N2S. The van der Waals surface area contributed by atoms with E-state index in [0.717, 1.165) is 5.92 Å². The molecule has 0 radical (unpaired) electrons. The first-order valence-corrected chi connectivity index (χ1v) is 8.76. The van der Waals surface area contributed by atoms with Crippen molar-refractivity contribution >= 4 is 11.8 Å². The van der Waals surface area contributed by atoms with Gasteiger partial charge in [-0.05, 0) is 51.4 Å². The van der Waals surface area contributed by atoms with Gasteiger partial charge in [0.15, 0.2) is 0 Å². The summed E-state index contributed by atoms with van der Waals surface area (Å²) in [4.78, 5) is 2.58. The van der Waals surface area contributed by atoms with Crippen molar-refractivity contribution < 1.29 is 0 Å². The lowest BCUT2D eigenvalue weighted by molar-refractivity contribution is 0.0820. The van der Waals surface area contributed by atoms with Gasteiger partial charge in [-0.1, -0.05) is 19.8 Å². The van der Waals surface area contributed by atoms with Crippen molar-refractivity contribution in [2.45, 2.75) is 45.6 Å². The molecule has 3 unspecified atom stereocenters. The average Bonchev–Trinajstić information content (AvgIpc) is 2.29. The van der Waals surface area contributed by atoms with Gasteiger partial charge in [-0.2, -0.15) is 11.8 Å². The molecule has 1 fully saturated rings. The van der Waals surface area contributed by atoms with Gasteiger partial charge in [0.25, 0.3) is 0 Å². The van der Waals surface area contributed by atoms with E-state index >= 15 is 0 Å². The number of nitrogens with one attached hydrogen (secondary N) is 1. The van der Waals surface area contributed by atoms with Crippen molar-refractivity contribution in [2.24, 2.45) is 11.3 Å². The van der Waals surface area contributed by atoms with Crippen LogP contribution in [0.1, 0.15) is 39.5 Å². The summed E-state index contributed by atoms with van der Waals surface area (Å²) in [7, 11) is 4.41. The Balaban J connectivity index is 2.61. The van der Waals surface area contributed by atoms with E-state index in [1.165, 1.54) is 44.5 Å². The van der Waals surface area contributed by atoms with Crippen molar-refractivity contribution in [2.75, 3.05) is 39.2 Å². The van der Waals surface area contributed by atoms with Crippen LogP contribution in [-0.2, 0) is 0 Å². The van der Waals surface area contributed by atoms with E-state index in [9.17, 15) is 0 Å². The summed E-state index contributed by atoms with van der Waals surface area (Å²) < 4.78 is 0. The normalized spacial score (nSPS) is 30.7. The van der Waals surface area contributed by atoms with Gasteiger partial charge in [0.2, 0.25) is 0 Å². The zero-order valence-electron chi connectivity index (χ0n) is 13.0. The molecular weight excluding hydrogens is 240 g/mol. The van der Waals surface area contributed by atoms with E-state index in [0.29, 0.717) is 11.5 Å². The summed E-state index contributed by atoms with van der Waals surface area (Å²) in [6.45, 7) is 7.21. The Morgan fingerprint density at radius 3 is 2.78 bits per heavy atom. The topological polar surface area (TPSA) is 15.3 Å². The Morgan fingerprint density at radius 1 is 1.50 bits per heavy atom. The van der Waals surface area contributed by atoms with E-state index in [1.807, 2.05) is 11.8 Å². The van der Waals surface area contributed by atoms with Gasteiger partial charge in [0, 0.05) is 24.9 Å². The highest BCUT2D eigenvalue weighted by atomic mass is 32.2. The summed E-state index contributed by atoms with van der Waals surface area (Å²) in [6, 6.07) is 0.686. The Hall–Kier alpha value is 0.270. The second-order valence-corrected chi connectivity index (χ2v) is 7.36. The summed E-state index contributed by atoms with van der Waals surface area (Å²) in [6.07, 6.45) is 7.83. The zero-order chi connectivity index (χ0) is 13.6. The quantitative estimate of drug-likeness (QED) is 0.767. The van der Waals surface area contributed by atoms with Gasteiger partial charge < -0.3 is 10.2 Å². The third-order valence-electron chi connectivity index (χ3n) is 4.48. The van der Waals surface area contributed by atoms with Crippen molar-refractivity contribution in [1.82, 2.24) is 10.2 Å². The van der Waals surface area contributed by atoms with Crippen LogP contribution in [0.4, 0.5) is 0 Å². The second-order valence-electron chi connectivity index (χ2n) is 6.45. The first kappa shape index (κ1) is 16.3. The van der Waals surface area contributed by atoms with E-state index in [4.69, 9.17) is 0 Å². The van der Waals surface area contributed by atoms with Gasteiger partial charge in [-0.3, -0.25) is 0 Å². The predicted octanol–water partition coefficient (Wildman–Crippen LogP) is 3.09. The molecule has 18 heavy (non-hydrogen) atoms. The van der Waals surface area contributed by atoms with Gasteiger partial charge >= 0.3 is 0 Å². The number of hydrogen-bond acceptors (Lipinski definition) is 3. The van der Waals surface area contributed by atoms with Crippen LogP contribution < -0.4 is 5.32 Å². The van der Waals surface area contributed by atoms with Crippen LogP contribution in [0, 0.1) is 11.3 Å². The van der Waals surface area contributed by atoms with E-state index in [2.05, 4.69) is 44.4 Å². The maximum absolute atomic E-state index is 3.44. The maximum Gasteiger partial charge on any atom is 0.0155 e. The molecule has 0 aromatic rings. The smallest absolute Gasteiger partial charge is 0.0155 e. The molecule has 1 saturated carbocycles. The molecule has 0 heterocycles. The Kier molecular flexibility index (Phi) is 7.04. The molecule has 1 aliphatic carbocycles. The highest BCUT2D eigenvalue weighted by molar-refractivity contribution is 7.98. The van der Waals surface area contributed by atoms with E-state index < -0.39 is 0 Å². The number of thioether (sulfide) groups is 1. The molecule has 0 aromatic carbocycles. The molecule has 108 valence electrons. The van der Waals surface area contributed by atoms with Crippen LogP contribution in [0.5, 0.6) is 0 Å². The van der Waals surface area contributed by atoms with Crippen LogP contribution in [0.25, 0.3) is 0 Å². The van der Waals surface area contributed by atoms with Gasteiger partial charge in [-0.25, -0.2) is 0 Å². The summed E-state index contributed by atoms with van der Waals surface area (Å²) in [5.74, 6) is 2.14. The maximum atomic E-state index is 3.44. The number of nitrogens with zero attached hydrogens (tertiary/aromatic N) is 1. The van der Waals surface area contributed by atoms with Gasteiger partial charge in [0.05, 0.1) is 0 Å². The first-order chi connectivity index (χ1) is 8.53. The summed E-state index contributed by atoms with van der Waals surface area (Å²) in [5, 5.41) is 3.44. The minimum atomic E-state index is 0.508. The van der Waals surface area contributed by atoms with Gasteiger partial charge in [-0.15, -0.1) is 0 Å². The van der Waals surface area contributed by atoms with Crippen molar-refractivity contribution in [3.8, 4) is 0 Å². The molecule has 2 nitrogen and oxygen atoms in total. The number of rotatable bonds is 7. The highest BCUT2D eigenvalue weighted by Gasteiger charge is 2.35. The van der Waals surface area contributed by atoms with Crippen molar-refractivity contribution in [3.05, 3.63) is 0 Å². The predicted molar refractivity (Wildman–Crippen MR) is 84.5 cm³/mol. The Bertz CT molecular complexity index is 231. The molecule has 0 aromatic heterocycles. The Labute approximate surface area is 118 Å². The van der Waals surface area contributed by atoms with E-state index in [-0.39, 0.29) is 0 Å². The zero-order valence-corrected chi connectivity index (χ0v) is 13.8. The molecule has 1 aliphatic rings. The molecule has 0 aliphatic heterocycles. The Morgan fingerprint density at radius 2 is 2.22 bits per heavy atom. The van der Waals surface area contributed by atoms with Crippen LogP contribution in [-0.4, -0.2) is 50.1 Å². The summed E-state index contributed by atoms with van der Waals surface area (Å²) >= 11 is 1.96. The molecule has 1 rings (SSSR count). The van der Waals surface area contributed by atoms with E-state index in [1.54, 1.807) is 0 Å². The third-order valence-corrected chi connectivity index (χ3v) is 5.30. The lowest BCUT2D eigenvalue weighted by atomic mass is 9.69. The lowest BCUT2D eigenvalue weighted by Crippen LogP contribution is -2.47. The molecule has 0 spiro atoms. The monoisotopic (exact) mass is 272 g/mol. The summed E-state index contributed by atoms with van der Waals surface area (Å²) in [5.41, 5.74) is 0.508.